The number of fused-ring (bicyclic) bond motifs is 3. The summed E-state index contributed by atoms with van der Waals surface area (Å²) in [6.07, 6.45) is 0. The number of amides is 1. The molecule has 0 unspecified atom stereocenters. The van der Waals surface area contributed by atoms with Crippen molar-refractivity contribution < 1.29 is 24.2 Å². The van der Waals surface area contributed by atoms with Crippen LogP contribution in [0.4, 0.5) is 0 Å². The van der Waals surface area contributed by atoms with E-state index in [2.05, 4.69) is 0 Å². The van der Waals surface area contributed by atoms with E-state index in [4.69, 9.17) is 15.2 Å². The summed E-state index contributed by atoms with van der Waals surface area (Å²) in [7, 11) is 0. The molecule has 0 atom stereocenters. The zero-order valence-corrected chi connectivity index (χ0v) is 18.7. The smallest absolute Gasteiger partial charge is 0.337 e. The molecule has 0 aliphatic rings. The van der Waals surface area contributed by atoms with Gasteiger partial charge in [-0.05, 0) is 54.1 Å². The summed E-state index contributed by atoms with van der Waals surface area (Å²) < 4.78 is 13.4. The van der Waals surface area contributed by atoms with Crippen molar-refractivity contribution in [1.29, 1.82) is 0 Å². The van der Waals surface area contributed by atoms with Crippen LogP contribution in [0, 0.1) is 0 Å². The largest absolute Gasteiger partial charge is 0.457 e. The molecule has 35 heavy (non-hydrogen) atoms. The molecular weight excluding hydrogens is 444 g/mol. The Hall–Kier alpha value is -4.62. The van der Waals surface area contributed by atoms with Gasteiger partial charge in [0.25, 0.3) is 0 Å². The molecular formula is C28H22N2O5. The maximum Gasteiger partial charge on any atom is 0.337 e. The predicted molar refractivity (Wildman–Crippen MR) is 133 cm³/mol. The van der Waals surface area contributed by atoms with Gasteiger partial charge >= 0.3 is 5.97 Å². The lowest BCUT2D eigenvalue weighted by Gasteiger charge is -2.11. The average Bonchev–Trinajstić information content (AvgIpc) is 3.19. The summed E-state index contributed by atoms with van der Waals surface area (Å²) in [4.78, 5) is 24.2. The molecule has 7 heteroatoms. The number of nitrogens with two attached hydrogens (primary N) is 1. The average molecular weight is 466 g/mol. The number of aliphatic hydroxyl groups excluding tert-OH is 1. The molecule has 0 spiro atoms. The van der Waals surface area contributed by atoms with Crippen molar-refractivity contribution in [3.05, 3.63) is 102 Å². The van der Waals surface area contributed by atoms with Gasteiger partial charge in [0.1, 0.15) is 23.9 Å². The van der Waals surface area contributed by atoms with Gasteiger partial charge in [0, 0.05) is 17.5 Å². The first kappa shape index (κ1) is 22.2. The van der Waals surface area contributed by atoms with E-state index in [0.717, 1.165) is 22.3 Å². The minimum absolute atomic E-state index is 0.250. The number of para-hydroxylation sites is 1. The van der Waals surface area contributed by atoms with Gasteiger partial charge in [-0.25, -0.2) is 4.79 Å². The van der Waals surface area contributed by atoms with Gasteiger partial charge in [-0.15, -0.1) is 0 Å². The van der Waals surface area contributed by atoms with Gasteiger partial charge < -0.3 is 24.9 Å². The van der Waals surface area contributed by atoms with Crippen molar-refractivity contribution in [2.75, 3.05) is 6.61 Å². The van der Waals surface area contributed by atoms with Crippen LogP contribution in [0.15, 0.2) is 91.0 Å². The summed E-state index contributed by atoms with van der Waals surface area (Å²) >= 11 is 0. The number of carbonyl (C=O) groups excluding carboxylic acids is 2. The van der Waals surface area contributed by atoms with E-state index < -0.39 is 18.5 Å². The molecule has 1 amide bonds. The number of carbonyl (C=O) groups is 2. The van der Waals surface area contributed by atoms with Crippen LogP contribution in [-0.2, 0) is 11.3 Å². The number of aromatic nitrogens is 1. The molecule has 0 aliphatic carbocycles. The van der Waals surface area contributed by atoms with Crippen LogP contribution >= 0.6 is 0 Å². The van der Waals surface area contributed by atoms with Crippen molar-refractivity contribution in [2.24, 2.45) is 5.73 Å². The molecule has 0 fully saturated rings. The lowest BCUT2D eigenvalue weighted by molar-refractivity contribution is -0.137. The fourth-order valence-electron chi connectivity index (χ4n) is 4.28. The number of hydrogen-bond donors (Lipinski definition) is 2. The molecule has 174 valence electrons. The number of ether oxygens (including phenoxy) is 2. The zero-order valence-electron chi connectivity index (χ0n) is 18.7. The van der Waals surface area contributed by atoms with Crippen molar-refractivity contribution >= 4 is 33.7 Å². The topological polar surface area (TPSA) is 104 Å². The first-order chi connectivity index (χ1) is 17.0. The Morgan fingerprint density at radius 3 is 2.23 bits per heavy atom. The molecule has 0 saturated heterocycles. The highest BCUT2D eigenvalue weighted by molar-refractivity contribution is 6.20. The van der Waals surface area contributed by atoms with Crippen LogP contribution in [0.25, 0.3) is 21.8 Å². The minimum atomic E-state index is -0.791. The number of benzene rings is 4. The lowest BCUT2D eigenvalue weighted by Crippen LogP contribution is -2.13. The first-order valence-corrected chi connectivity index (χ1v) is 11.0. The van der Waals surface area contributed by atoms with Gasteiger partial charge in [0.15, 0.2) is 0 Å². The van der Waals surface area contributed by atoms with Crippen molar-refractivity contribution in [2.45, 2.75) is 6.54 Å². The molecule has 0 bridgehead atoms. The van der Waals surface area contributed by atoms with Crippen LogP contribution in [0.3, 0.4) is 0 Å². The molecule has 0 saturated carbocycles. The van der Waals surface area contributed by atoms with E-state index in [-0.39, 0.29) is 5.75 Å². The summed E-state index contributed by atoms with van der Waals surface area (Å²) in [6.45, 7) is -0.294. The van der Waals surface area contributed by atoms with Crippen LogP contribution < -0.4 is 15.2 Å². The van der Waals surface area contributed by atoms with Crippen LogP contribution in [0.2, 0.25) is 0 Å². The Bertz CT molecular complexity index is 1560. The number of esters is 1. The van der Waals surface area contributed by atoms with Crippen LogP contribution in [0.5, 0.6) is 17.2 Å². The summed E-state index contributed by atoms with van der Waals surface area (Å²) in [6, 6.07) is 27.9. The summed E-state index contributed by atoms with van der Waals surface area (Å²) in [5, 5.41) is 10.4. The van der Waals surface area contributed by atoms with Crippen LogP contribution in [-0.4, -0.2) is 28.2 Å². The van der Waals surface area contributed by atoms with Crippen molar-refractivity contribution in [3.8, 4) is 17.2 Å². The third-order valence-electron chi connectivity index (χ3n) is 5.71. The van der Waals surface area contributed by atoms with E-state index in [1.165, 1.54) is 0 Å². The van der Waals surface area contributed by atoms with Crippen LogP contribution in [0.1, 0.15) is 15.9 Å². The number of hydrogen-bond acceptors (Lipinski definition) is 5. The van der Waals surface area contributed by atoms with Gasteiger partial charge in [-0.2, -0.15) is 0 Å². The maximum absolute atomic E-state index is 12.3. The van der Waals surface area contributed by atoms with Crippen molar-refractivity contribution in [3.63, 3.8) is 0 Å². The normalized spacial score (nSPS) is 11.0. The second-order valence-electron chi connectivity index (χ2n) is 8.00. The Balaban J connectivity index is 1.65. The predicted octanol–water partition coefficient (Wildman–Crippen LogP) is 4.63. The Morgan fingerprint density at radius 1 is 0.800 bits per heavy atom. The Labute approximate surface area is 200 Å². The number of rotatable bonds is 7. The molecule has 5 rings (SSSR count). The monoisotopic (exact) mass is 466 g/mol. The molecule has 5 aromatic rings. The highest BCUT2D eigenvalue weighted by Gasteiger charge is 2.20. The quantitative estimate of drug-likeness (QED) is 0.269. The number of aliphatic hydroxyl groups is 1. The molecule has 0 radical (unpaired) electrons. The van der Waals surface area contributed by atoms with E-state index in [1.54, 1.807) is 24.3 Å². The van der Waals surface area contributed by atoms with Gasteiger partial charge in [-0.1, -0.05) is 42.5 Å². The second kappa shape index (κ2) is 9.32. The maximum atomic E-state index is 12.3. The van der Waals surface area contributed by atoms with E-state index in [1.807, 2.05) is 71.3 Å². The molecule has 1 heterocycles. The lowest BCUT2D eigenvalue weighted by atomic mass is 10.1. The second-order valence-corrected chi connectivity index (χ2v) is 8.00. The number of primary amides is 1. The highest BCUT2D eigenvalue weighted by atomic mass is 16.5. The molecule has 4 aromatic carbocycles. The third kappa shape index (κ3) is 4.32. The molecule has 1 aromatic heterocycles. The summed E-state index contributed by atoms with van der Waals surface area (Å²) in [5.74, 6) is 0.310. The Kier molecular flexibility index (Phi) is 5.91. The first-order valence-electron chi connectivity index (χ1n) is 11.0. The summed E-state index contributed by atoms with van der Waals surface area (Å²) in [5.41, 5.74) is 8.50. The van der Waals surface area contributed by atoms with Gasteiger partial charge in [0.05, 0.1) is 16.4 Å². The SMILES string of the molecule is NC(=O)c1cccc2c1c1c(OC(=O)CO)cccc1n2Cc1cccc(Oc2ccccc2)c1. The molecule has 7 nitrogen and oxygen atoms in total. The number of nitrogens with zero attached hydrogens (tertiary/aromatic N) is 1. The minimum Gasteiger partial charge on any atom is -0.457 e. The van der Waals surface area contributed by atoms with E-state index in [9.17, 15) is 14.7 Å². The highest BCUT2D eigenvalue weighted by Crippen LogP contribution is 2.38. The van der Waals surface area contributed by atoms with Crippen molar-refractivity contribution in [1.82, 2.24) is 4.57 Å². The fourth-order valence-corrected chi connectivity index (χ4v) is 4.28. The van der Waals surface area contributed by atoms with E-state index in [0.29, 0.717) is 28.6 Å². The van der Waals surface area contributed by atoms with E-state index >= 15 is 0 Å². The third-order valence-corrected chi connectivity index (χ3v) is 5.71. The molecule has 3 N–H and O–H groups in total. The fraction of sp³-hybridized carbons (Fsp3) is 0.0714. The molecule has 0 aliphatic heterocycles. The van der Waals surface area contributed by atoms with Gasteiger partial charge in [-0.3, -0.25) is 4.79 Å². The standard InChI is InChI=1S/C28H22N2O5/c29-28(33)21-11-5-12-22-26(21)27-23(13-6-14-24(27)35-25(32)17-31)30(22)16-18-7-4-10-20(15-18)34-19-8-2-1-3-9-19/h1-15,31H,16-17H2,(H2,29,33). The zero-order chi connectivity index (χ0) is 24.4. The Morgan fingerprint density at radius 2 is 1.49 bits per heavy atom. The van der Waals surface area contributed by atoms with Gasteiger partial charge in [0.2, 0.25) is 5.91 Å².